The molecule has 6 heteroatoms. The zero-order chi connectivity index (χ0) is 25.8. The molecule has 3 unspecified atom stereocenters. The Hall–Kier alpha value is -3.17. The number of amides is 1. The average molecular weight is 500 g/mol. The Morgan fingerprint density at radius 3 is 2.51 bits per heavy atom. The lowest BCUT2D eigenvalue weighted by Gasteiger charge is -2.21. The first-order valence-electron chi connectivity index (χ1n) is 13.7. The van der Waals surface area contributed by atoms with Gasteiger partial charge in [0.05, 0.1) is 19.2 Å². The molecule has 2 aromatic carbocycles. The second-order valence-electron chi connectivity index (χ2n) is 11.2. The fourth-order valence-corrected chi connectivity index (χ4v) is 5.33. The van der Waals surface area contributed by atoms with Gasteiger partial charge < -0.3 is 20.2 Å². The number of ether oxygens (including phenoxy) is 1. The number of nitrogens with zero attached hydrogens (tertiary/aromatic N) is 1. The Morgan fingerprint density at radius 1 is 1.14 bits per heavy atom. The van der Waals surface area contributed by atoms with E-state index in [0.29, 0.717) is 42.2 Å². The summed E-state index contributed by atoms with van der Waals surface area (Å²) in [6.07, 6.45) is 7.41. The SMILES string of the molecule is [C-]#[N+]C1(c2cc(OCC3CC3C)cc(C(=O)NC(Cc3ccccc3)C(=O)CNC3CC3)c2)CCCC1. The highest BCUT2D eigenvalue weighted by atomic mass is 16.5. The molecule has 0 aliphatic heterocycles. The molecular formula is C31H37N3O3. The van der Waals surface area contributed by atoms with Gasteiger partial charge in [-0.15, -0.1) is 0 Å². The summed E-state index contributed by atoms with van der Waals surface area (Å²) in [5, 5.41) is 6.31. The highest BCUT2D eigenvalue weighted by Gasteiger charge is 2.43. The molecule has 3 fully saturated rings. The number of carbonyl (C=O) groups is 2. The molecule has 0 heterocycles. The van der Waals surface area contributed by atoms with Crippen LogP contribution in [0.1, 0.15) is 73.4 Å². The van der Waals surface area contributed by atoms with Gasteiger partial charge >= 0.3 is 0 Å². The fraction of sp³-hybridized carbons (Fsp3) is 0.516. The number of nitrogens with one attached hydrogen (secondary N) is 2. The summed E-state index contributed by atoms with van der Waals surface area (Å²) in [6.45, 7) is 11.0. The molecule has 0 bridgehead atoms. The van der Waals surface area contributed by atoms with Crippen LogP contribution in [0.3, 0.4) is 0 Å². The quantitative estimate of drug-likeness (QED) is 0.400. The minimum Gasteiger partial charge on any atom is -0.493 e. The van der Waals surface area contributed by atoms with Gasteiger partial charge in [0.2, 0.25) is 0 Å². The predicted octanol–water partition coefficient (Wildman–Crippen LogP) is 5.07. The van der Waals surface area contributed by atoms with Crippen molar-refractivity contribution in [3.05, 3.63) is 76.6 Å². The van der Waals surface area contributed by atoms with Crippen LogP contribution in [-0.4, -0.2) is 36.9 Å². The largest absolute Gasteiger partial charge is 0.493 e. The van der Waals surface area contributed by atoms with Gasteiger partial charge in [-0.05, 0) is 74.1 Å². The molecular weight excluding hydrogens is 462 g/mol. The Labute approximate surface area is 220 Å². The van der Waals surface area contributed by atoms with E-state index >= 15 is 0 Å². The van der Waals surface area contributed by atoms with Crippen LogP contribution in [-0.2, 0) is 16.8 Å². The predicted molar refractivity (Wildman–Crippen MR) is 143 cm³/mol. The number of benzene rings is 2. The fourth-order valence-electron chi connectivity index (χ4n) is 5.33. The topological polar surface area (TPSA) is 71.8 Å². The summed E-state index contributed by atoms with van der Waals surface area (Å²) in [5.74, 6) is 1.54. The molecule has 3 saturated carbocycles. The molecule has 2 N–H and O–H groups in total. The van der Waals surface area contributed by atoms with Gasteiger partial charge in [0, 0.05) is 30.0 Å². The molecule has 0 radical (unpaired) electrons. The number of Topliss-reactive ketones (excluding diaryl/α,β-unsaturated/α-hetero) is 1. The first-order chi connectivity index (χ1) is 18.0. The van der Waals surface area contributed by atoms with Gasteiger partial charge in [0.15, 0.2) is 5.78 Å². The van der Waals surface area contributed by atoms with Crippen LogP contribution in [0, 0.1) is 18.4 Å². The van der Waals surface area contributed by atoms with Crippen LogP contribution >= 0.6 is 0 Å². The van der Waals surface area contributed by atoms with Crippen molar-refractivity contribution in [1.82, 2.24) is 10.6 Å². The van der Waals surface area contributed by atoms with Gasteiger partial charge in [-0.2, -0.15) is 0 Å². The molecule has 2 aromatic rings. The number of hydrogen-bond donors (Lipinski definition) is 2. The highest BCUT2D eigenvalue weighted by molar-refractivity contribution is 5.99. The average Bonchev–Trinajstić information content (AvgIpc) is 3.83. The van der Waals surface area contributed by atoms with E-state index in [4.69, 9.17) is 11.3 Å². The summed E-state index contributed by atoms with van der Waals surface area (Å²) < 4.78 is 6.14. The van der Waals surface area contributed by atoms with E-state index in [1.54, 1.807) is 6.07 Å². The Balaban J connectivity index is 1.38. The first-order valence-corrected chi connectivity index (χ1v) is 13.7. The minimum atomic E-state index is -0.636. The molecule has 0 saturated heterocycles. The summed E-state index contributed by atoms with van der Waals surface area (Å²) >= 11 is 0. The zero-order valence-corrected chi connectivity index (χ0v) is 21.7. The van der Waals surface area contributed by atoms with E-state index in [0.717, 1.165) is 56.1 Å². The molecule has 1 amide bonds. The van der Waals surface area contributed by atoms with Crippen molar-refractivity contribution in [3.63, 3.8) is 0 Å². The van der Waals surface area contributed by atoms with Crippen molar-refractivity contribution in [2.24, 2.45) is 11.8 Å². The number of rotatable bonds is 12. The highest BCUT2D eigenvalue weighted by Crippen LogP contribution is 2.44. The monoisotopic (exact) mass is 499 g/mol. The normalized spacial score (nSPS) is 22.6. The van der Waals surface area contributed by atoms with E-state index in [1.807, 2.05) is 42.5 Å². The third-order valence-electron chi connectivity index (χ3n) is 8.21. The van der Waals surface area contributed by atoms with Crippen LogP contribution in [0.5, 0.6) is 5.75 Å². The number of ketones is 1. The Bertz CT molecular complexity index is 1160. The lowest BCUT2D eigenvalue weighted by molar-refractivity contribution is -0.120. The van der Waals surface area contributed by atoms with Crippen molar-refractivity contribution >= 4 is 11.7 Å². The summed E-state index contributed by atoms with van der Waals surface area (Å²) in [4.78, 5) is 30.8. The van der Waals surface area contributed by atoms with Gasteiger partial charge in [-0.3, -0.25) is 9.59 Å². The van der Waals surface area contributed by atoms with Crippen molar-refractivity contribution in [2.45, 2.75) is 75.9 Å². The van der Waals surface area contributed by atoms with E-state index in [-0.39, 0.29) is 18.2 Å². The van der Waals surface area contributed by atoms with Gasteiger partial charge in [-0.25, -0.2) is 6.57 Å². The van der Waals surface area contributed by atoms with E-state index < -0.39 is 11.6 Å². The third-order valence-corrected chi connectivity index (χ3v) is 8.21. The van der Waals surface area contributed by atoms with Gasteiger partial charge in [-0.1, -0.05) is 37.3 Å². The van der Waals surface area contributed by atoms with Crippen molar-refractivity contribution in [2.75, 3.05) is 13.2 Å². The molecule has 3 aliphatic carbocycles. The van der Waals surface area contributed by atoms with Gasteiger partial charge in [0.1, 0.15) is 5.75 Å². The zero-order valence-electron chi connectivity index (χ0n) is 21.7. The summed E-state index contributed by atoms with van der Waals surface area (Å²) in [6, 6.07) is 15.1. The molecule has 37 heavy (non-hydrogen) atoms. The smallest absolute Gasteiger partial charge is 0.257 e. The molecule has 194 valence electrons. The van der Waals surface area contributed by atoms with Crippen LogP contribution < -0.4 is 15.4 Å². The van der Waals surface area contributed by atoms with Crippen LogP contribution in [0.15, 0.2) is 48.5 Å². The number of hydrogen-bond acceptors (Lipinski definition) is 4. The Morgan fingerprint density at radius 2 is 1.86 bits per heavy atom. The minimum absolute atomic E-state index is 0.0205. The van der Waals surface area contributed by atoms with Crippen molar-refractivity contribution < 1.29 is 14.3 Å². The second-order valence-corrected chi connectivity index (χ2v) is 11.2. The lowest BCUT2D eigenvalue weighted by Crippen LogP contribution is -2.46. The van der Waals surface area contributed by atoms with Crippen LogP contribution in [0.2, 0.25) is 0 Å². The molecule has 3 atom stereocenters. The van der Waals surface area contributed by atoms with Crippen molar-refractivity contribution in [1.29, 1.82) is 0 Å². The lowest BCUT2D eigenvalue weighted by atomic mass is 9.87. The van der Waals surface area contributed by atoms with E-state index in [2.05, 4.69) is 22.4 Å². The molecule has 5 rings (SSSR count). The maximum Gasteiger partial charge on any atom is 0.257 e. The van der Waals surface area contributed by atoms with E-state index in [9.17, 15) is 9.59 Å². The van der Waals surface area contributed by atoms with Gasteiger partial charge in [0.25, 0.3) is 11.4 Å². The standard InChI is InChI=1S/C31H37N3O3/c1-21-14-24(21)20-37-27-17-23(16-25(18-27)31(32-2)12-6-7-13-31)30(36)34-28(15-22-8-4-3-5-9-22)29(35)19-33-26-10-11-26/h3-5,8-9,16-18,21,24,26,28,33H,6-7,10-15,19-20H2,1H3,(H,34,36). The summed E-state index contributed by atoms with van der Waals surface area (Å²) in [7, 11) is 0. The Kier molecular flexibility index (Phi) is 7.62. The second kappa shape index (κ2) is 11.1. The number of carbonyl (C=O) groups excluding carboxylic acids is 2. The maximum atomic E-state index is 13.6. The molecule has 6 nitrogen and oxygen atoms in total. The van der Waals surface area contributed by atoms with Crippen LogP contribution in [0.25, 0.3) is 4.85 Å². The van der Waals surface area contributed by atoms with Crippen molar-refractivity contribution in [3.8, 4) is 5.75 Å². The summed E-state index contributed by atoms with van der Waals surface area (Å²) in [5.41, 5.74) is 1.70. The molecule has 3 aliphatic rings. The maximum absolute atomic E-state index is 13.6. The first kappa shape index (κ1) is 25.5. The van der Waals surface area contributed by atoms with Crippen LogP contribution in [0.4, 0.5) is 0 Å². The van der Waals surface area contributed by atoms with E-state index in [1.165, 1.54) is 0 Å². The molecule has 0 spiro atoms. The third kappa shape index (κ3) is 6.40. The molecule has 0 aromatic heterocycles.